The van der Waals surface area contributed by atoms with E-state index in [2.05, 4.69) is 4.90 Å². The number of phenolic OH excluding ortho intramolecular Hbond substituents is 2. The number of hydrogen-bond acceptors (Lipinski definition) is 3. The molecule has 0 bridgehead atoms. The van der Waals surface area contributed by atoms with Gasteiger partial charge >= 0.3 is 0 Å². The fourth-order valence-corrected chi connectivity index (χ4v) is 2.20. The van der Waals surface area contributed by atoms with Crippen molar-refractivity contribution in [3.63, 3.8) is 0 Å². The molecule has 1 heterocycles. The Bertz CT molecular complexity index is 355. The molecule has 82 valence electrons. The molecule has 1 aliphatic heterocycles. The monoisotopic (exact) mass is 207 g/mol. The van der Waals surface area contributed by atoms with Crippen LogP contribution in [0.3, 0.4) is 0 Å². The average molecular weight is 207 g/mol. The van der Waals surface area contributed by atoms with Gasteiger partial charge in [0.15, 0.2) is 0 Å². The van der Waals surface area contributed by atoms with Crippen LogP contribution in [0.25, 0.3) is 0 Å². The summed E-state index contributed by atoms with van der Waals surface area (Å²) in [7, 11) is 0. The van der Waals surface area contributed by atoms with Gasteiger partial charge in [-0.1, -0.05) is 0 Å². The van der Waals surface area contributed by atoms with Crippen molar-refractivity contribution >= 4 is 5.69 Å². The van der Waals surface area contributed by atoms with E-state index in [0.29, 0.717) is 5.75 Å². The second kappa shape index (κ2) is 3.65. The molecule has 3 nitrogen and oxygen atoms in total. The summed E-state index contributed by atoms with van der Waals surface area (Å²) >= 11 is 0. The molecular weight excluding hydrogens is 190 g/mol. The van der Waals surface area contributed by atoms with Gasteiger partial charge in [-0.3, -0.25) is 0 Å². The molecule has 1 fully saturated rings. The molecule has 0 aromatic heterocycles. The number of phenols is 2. The van der Waals surface area contributed by atoms with E-state index in [1.807, 2.05) is 13.8 Å². The summed E-state index contributed by atoms with van der Waals surface area (Å²) in [5.41, 5.74) is 2.32. The highest BCUT2D eigenvalue weighted by atomic mass is 16.3. The third-order valence-corrected chi connectivity index (χ3v) is 3.11. The molecule has 1 saturated heterocycles. The number of rotatable bonds is 1. The van der Waals surface area contributed by atoms with Crippen LogP contribution in [0.5, 0.6) is 11.5 Å². The SMILES string of the molecule is Cc1cc(O)c(C)c(N2CCCC2)c1O. The Hall–Kier alpha value is -1.38. The van der Waals surface area contributed by atoms with Crippen molar-refractivity contribution in [2.45, 2.75) is 26.7 Å². The number of anilines is 1. The highest BCUT2D eigenvalue weighted by Crippen LogP contribution is 2.40. The van der Waals surface area contributed by atoms with Crippen molar-refractivity contribution in [3.05, 3.63) is 17.2 Å². The Kier molecular flexibility index (Phi) is 2.47. The maximum Gasteiger partial charge on any atom is 0.142 e. The summed E-state index contributed by atoms with van der Waals surface area (Å²) in [5.74, 6) is 0.583. The third-order valence-electron chi connectivity index (χ3n) is 3.11. The van der Waals surface area contributed by atoms with Gasteiger partial charge in [-0.2, -0.15) is 0 Å². The van der Waals surface area contributed by atoms with Gasteiger partial charge in [0.25, 0.3) is 0 Å². The number of aromatic hydroxyl groups is 2. The van der Waals surface area contributed by atoms with Crippen molar-refractivity contribution < 1.29 is 10.2 Å². The second-order valence-corrected chi connectivity index (χ2v) is 4.23. The van der Waals surface area contributed by atoms with Crippen molar-refractivity contribution in [2.75, 3.05) is 18.0 Å². The van der Waals surface area contributed by atoms with Crippen LogP contribution in [0.15, 0.2) is 6.07 Å². The van der Waals surface area contributed by atoms with E-state index in [-0.39, 0.29) is 5.75 Å². The third kappa shape index (κ3) is 1.62. The van der Waals surface area contributed by atoms with E-state index >= 15 is 0 Å². The van der Waals surface area contributed by atoms with Gasteiger partial charge in [0.05, 0.1) is 5.69 Å². The molecule has 0 aliphatic carbocycles. The molecule has 0 spiro atoms. The quantitative estimate of drug-likeness (QED) is 0.694. The van der Waals surface area contributed by atoms with Gasteiger partial charge in [-0.15, -0.1) is 0 Å². The summed E-state index contributed by atoms with van der Waals surface area (Å²) in [6.45, 7) is 5.60. The lowest BCUT2D eigenvalue weighted by molar-refractivity contribution is 0.453. The molecule has 0 atom stereocenters. The minimum atomic E-state index is 0.271. The van der Waals surface area contributed by atoms with E-state index in [9.17, 15) is 10.2 Å². The Balaban J connectivity index is 2.52. The fraction of sp³-hybridized carbons (Fsp3) is 0.500. The van der Waals surface area contributed by atoms with E-state index < -0.39 is 0 Å². The van der Waals surface area contributed by atoms with E-state index in [0.717, 1.165) is 42.7 Å². The first-order valence-electron chi connectivity index (χ1n) is 5.38. The first-order chi connectivity index (χ1) is 7.11. The molecule has 0 saturated carbocycles. The molecule has 2 N–H and O–H groups in total. The van der Waals surface area contributed by atoms with Crippen LogP contribution in [-0.2, 0) is 0 Å². The second-order valence-electron chi connectivity index (χ2n) is 4.23. The summed E-state index contributed by atoms with van der Waals surface area (Å²) in [6, 6.07) is 1.62. The molecule has 0 amide bonds. The molecule has 0 unspecified atom stereocenters. The molecule has 0 radical (unpaired) electrons. The summed E-state index contributed by atoms with van der Waals surface area (Å²) in [6.07, 6.45) is 2.32. The summed E-state index contributed by atoms with van der Waals surface area (Å²) < 4.78 is 0. The summed E-state index contributed by atoms with van der Waals surface area (Å²) in [5, 5.41) is 19.7. The van der Waals surface area contributed by atoms with E-state index in [4.69, 9.17) is 0 Å². The van der Waals surface area contributed by atoms with Crippen LogP contribution in [0, 0.1) is 13.8 Å². The number of hydrogen-bond donors (Lipinski definition) is 2. The van der Waals surface area contributed by atoms with Crippen molar-refractivity contribution in [3.8, 4) is 11.5 Å². The zero-order valence-corrected chi connectivity index (χ0v) is 9.25. The van der Waals surface area contributed by atoms with Crippen LogP contribution in [0.4, 0.5) is 5.69 Å². The predicted molar refractivity (Wildman–Crippen MR) is 60.7 cm³/mol. The van der Waals surface area contributed by atoms with Gasteiger partial charge in [-0.05, 0) is 38.3 Å². The Morgan fingerprint density at radius 3 is 2.33 bits per heavy atom. The molecule has 1 aromatic rings. The Morgan fingerprint density at radius 2 is 1.73 bits per heavy atom. The Labute approximate surface area is 90.0 Å². The van der Waals surface area contributed by atoms with Crippen molar-refractivity contribution in [1.29, 1.82) is 0 Å². The lowest BCUT2D eigenvalue weighted by atomic mass is 10.1. The van der Waals surface area contributed by atoms with Crippen LogP contribution in [0.1, 0.15) is 24.0 Å². The first-order valence-corrected chi connectivity index (χ1v) is 5.38. The van der Waals surface area contributed by atoms with Crippen LogP contribution in [0.2, 0.25) is 0 Å². The van der Waals surface area contributed by atoms with Gasteiger partial charge in [0, 0.05) is 18.7 Å². The van der Waals surface area contributed by atoms with E-state index in [1.54, 1.807) is 6.07 Å². The first kappa shape index (κ1) is 10.1. The number of benzene rings is 1. The molecule has 15 heavy (non-hydrogen) atoms. The van der Waals surface area contributed by atoms with Crippen molar-refractivity contribution in [2.24, 2.45) is 0 Å². The van der Waals surface area contributed by atoms with Gasteiger partial charge in [0.1, 0.15) is 11.5 Å². The maximum atomic E-state index is 10.0. The highest BCUT2D eigenvalue weighted by Gasteiger charge is 2.20. The minimum absolute atomic E-state index is 0.271. The van der Waals surface area contributed by atoms with Crippen LogP contribution >= 0.6 is 0 Å². The summed E-state index contributed by atoms with van der Waals surface area (Å²) in [4.78, 5) is 2.15. The predicted octanol–water partition coefficient (Wildman–Crippen LogP) is 2.31. The minimum Gasteiger partial charge on any atom is -0.508 e. The molecule has 1 aliphatic rings. The molecule has 2 rings (SSSR count). The van der Waals surface area contributed by atoms with Crippen LogP contribution < -0.4 is 4.90 Å². The smallest absolute Gasteiger partial charge is 0.142 e. The average Bonchev–Trinajstić information content (AvgIpc) is 2.69. The highest BCUT2D eigenvalue weighted by molar-refractivity contribution is 5.69. The lowest BCUT2D eigenvalue weighted by Gasteiger charge is -2.23. The van der Waals surface area contributed by atoms with Crippen molar-refractivity contribution in [1.82, 2.24) is 0 Å². The topological polar surface area (TPSA) is 43.7 Å². The molecule has 3 heteroatoms. The van der Waals surface area contributed by atoms with Gasteiger partial charge in [0.2, 0.25) is 0 Å². The maximum absolute atomic E-state index is 10.0. The Morgan fingerprint density at radius 1 is 1.13 bits per heavy atom. The normalized spacial score (nSPS) is 16.0. The lowest BCUT2D eigenvalue weighted by Crippen LogP contribution is -2.19. The largest absolute Gasteiger partial charge is 0.508 e. The van der Waals surface area contributed by atoms with Gasteiger partial charge < -0.3 is 15.1 Å². The zero-order chi connectivity index (χ0) is 11.0. The van der Waals surface area contributed by atoms with Crippen LogP contribution in [-0.4, -0.2) is 23.3 Å². The number of aryl methyl sites for hydroxylation is 1. The molecular formula is C12H17NO2. The number of nitrogens with zero attached hydrogens (tertiary/aromatic N) is 1. The fourth-order valence-electron chi connectivity index (χ4n) is 2.20. The standard InChI is InChI=1S/C12H17NO2/c1-8-7-10(14)9(2)11(12(8)15)13-5-3-4-6-13/h7,14-15H,3-6H2,1-2H3. The zero-order valence-electron chi connectivity index (χ0n) is 9.25. The van der Waals surface area contributed by atoms with E-state index in [1.165, 1.54) is 0 Å². The molecule has 1 aromatic carbocycles. The van der Waals surface area contributed by atoms with Gasteiger partial charge in [-0.25, -0.2) is 0 Å².